The molecule has 0 saturated heterocycles. The average Bonchev–Trinajstić information content (AvgIpc) is 2.33. The van der Waals surface area contributed by atoms with Gasteiger partial charge in [0.15, 0.2) is 0 Å². The molecule has 0 aromatic carbocycles. The van der Waals surface area contributed by atoms with Crippen molar-refractivity contribution in [3.05, 3.63) is 39.9 Å². The van der Waals surface area contributed by atoms with Crippen molar-refractivity contribution in [2.75, 3.05) is 0 Å². The van der Waals surface area contributed by atoms with Gasteiger partial charge >= 0.3 is 85.2 Å². The summed E-state index contributed by atoms with van der Waals surface area (Å²) in [4.78, 5) is 0. The van der Waals surface area contributed by atoms with E-state index in [9.17, 15) is 0 Å². The van der Waals surface area contributed by atoms with Crippen LogP contribution in [0, 0.1) is 39.9 Å². The Balaban J connectivity index is -0.00000000655. The van der Waals surface area contributed by atoms with Crippen molar-refractivity contribution in [3.8, 4) is 0 Å². The molecular weight excluding hydrogens is 220 g/mol. The summed E-state index contributed by atoms with van der Waals surface area (Å²) >= 11 is 0. The van der Waals surface area contributed by atoms with Crippen LogP contribution in [0.4, 0.5) is 0 Å². The number of hydrogen-bond acceptors (Lipinski definition) is 0. The Morgan fingerprint density at radius 2 is 0.308 bits per heavy atom. The topological polar surface area (TPSA) is 119 Å². The molecule has 0 heterocycles. The fourth-order valence-corrected chi connectivity index (χ4v) is 0. The molecule has 0 spiro atoms. The molecule has 0 aliphatic heterocycles. The van der Waals surface area contributed by atoms with Crippen LogP contribution in [0.2, 0.25) is 0 Å². The van der Waals surface area contributed by atoms with Crippen molar-refractivity contribution in [2.45, 2.75) is 0 Å². The van der Waals surface area contributed by atoms with Gasteiger partial charge in [-0.05, 0) is 0 Å². The molecule has 0 saturated carbocycles. The zero-order valence-electron chi connectivity index (χ0n) is 5.86. The Morgan fingerprint density at radius 1 is 0.308 bits per heavy atom. The minimum atomic E-state index is 0. The SMILES string of the molecule is [C-]#[O+].[C-]#[O+].[C-]#[O+].[C-]#[O+].[C-]#[O+].[C-]#[O+].[Cr+6]. The van der Waals surface area contributed by atoms with Gasteiger partial charge in [-0.3, -0.25) is 0 Å². The molecule has 0 aromatic rings. The molecule has 6 nitrogen and oxygen atoms in total. The van der Waals surface area contributed by atoms with E-state index in [2.05, 4.69) is 39.9 Å². The molecule has 0 rings (SSSR count). The van der Waals surface area contributed by atoms with E-state index in [1.54, 1.807) is 0 Å². The minimum Gasteiger partial charge on any atom is 6.00 e. The molecule has 0 radical (unpaired) electrons. The Morgan fingerprint density at radius 3 is 0.308 bits per heavy atom. The second-order valence-corrected chi connectivity index (χ2v) is 0. The van der Waals surface area contributed by atoms with E-state index in [0.29, 0.717) is 0 Å². The van der Waals surface area contributed by atoms with Crippen LogP contribution in [0.25, 0.3) is 0 Å². The average molecular weight is 220 g/mol. The molecule has 0 fully saturated rings. The predicted octanol–water partition coefficient (Wildman–Crippen LogP) is -0.228. The molecule has 0 aliphatic carbocycles. The summed E-state index contributed by atoms with van der Waals surface area (Å²) in [6.07, 6.45) is 0. The van der Waals surface area contributed by atoms with Crippen molar-refractivity contribution in [1.29, 1.82) is 0 Å². The first kappa shape index (κ1) is 58.3. The molecular formula is C6CrO6+6. The van der Waals surface area contributed by atoms with Gasteiger partial charge in [-0.25, -0.2) is 0 Å². The molecule has 0 unspecified atom stereocenters. The molecule has 0 N–H and O–H groups in total. The zero-order chi connectivity index (χ0) is 12.0. The van der Waals surface area contributed by atoms with Crippen LogP contribution in [0.3, 0.4) is 0 Å². The van der Waals surface area contributed by atoms with E-state index >= 15 is 0 Å². The van der Waals surface area contributed by atoms with Gasteiger partial charge in [0.25, 0.3) is 0 Å². The van der Waals surface area contributed by atoms with Crippen LogP contribution in [-0.4, -0.2) is 0 Å². The van der Waals surface area contributed by atoms with Gasteiger partial charge in [-0.1, -0.05) is 0 Å². The maximum Gasteiger partial charge on any atom is 6.00 e. The Kier molecular flexibility index (Phi) is 4630. The summed E-state index contributed by atoms with van der Waals surface area (Å²) in [5.74, 6) is 0. The Hall–Kier alpha value is -1.03. The van der Waals surface area contributed by atoms with Gasteiger partial charge in [0.1, 0.15) is 0 Å². The van der Waals surface area contributed by atoms with Gasteiger partial charge in [-0.15, -0.1) is 0 Å². The number of hydrogen-bond donors (Lipinski definition) is 0. The van der Waals surface area contributed by atoms with Gasteiger partial charge < -0.3 is 0 Å². The smallest absolute Gasteiger partial charge is 6.00 e. The Labute approximate surface area is 85.7 Å². The van der Waals surface area contributed by atoms with Gasteiger partial charge in [0.2, 0.25) is 0 Å². The normalized spacial score (nSPS) is 0.923. The molecule has 7 heteroatoms. The predicted molar refractivity (Wildman–Crippen MR) is 23.6 cm³/mol. The van der Waals surface area contributed by atoms with Crippen molar-refractivity contribution < 1.29 is 45.3 Å². The first-order valence-electron chi connectivity index (χ1n) is 1.22. The van der Waals surface area contributed by atoms with Crippen LogP contribution in [-0.2, 0) is 45.3 Å². The second kappa shape index (κ2) is 1030. The Bertz CT molecular complexity index is 92.1. The molecule has 60 valence electrons. The second-order valence-electron chi connectivity index (χ2n) is 0. The summed E-state index contributed by atoms with van der Waals surface area (Å²) < 4.78 is 45.0. The third-order valence-electron chi connectivity index (χ3n) is 0. The molecule has 0 aliphatic rings. The minimum absolute atomic E-state index is 0. The molecule has 0 aromatic heterocycles. The third kappa shape index (κ3) is 837. The largest absolute Gasteiger partial charge is 6.00 e. The van der Waals surface area contributed by atoms with E-state index in [1.807, 2.05) is 0 Å². The van der Waals surface area contributed by atoms with Gasteiger partial charge in [0, 0.05) is 0 Å². The zero-order valence-corrected chi connectivity index (χ0v) is 7.13. The van der Waals surface area contributed by atoms with Gasteiger partial charge in [0.05, 0.1) is 0 Å². The van der Waals surface area contributed by atoms with Crippen molar-refractivity contribution in [2.24, 2.45) is 0 Å². The fourth-order valence-electron chi connectivity index (χ4n) is 0. The summed E-state index contributed by atoms with van der Waals surface area (Å²) in [6.45, 7) is 27.0. The first-order valence-corrected chi connectivity index (χ1v) is 1.22. The summed E-state index contributed by atoms with van der Waals surface area (Å²) in [7, 11) is 0. The van der Waals surface area contributed by atoms with Crippen molar-refractivity contribution in [1.82, 2.24) is 0 Å². The van der Waals surface area contributed by atoms with Crippen molar-refractivity contribution in [3.63, 3.8) is 0 Å². The monoisotopic (exact) mass is 220 g/mol. The van der Waals surface area contributed by atoms with E-state index in [4.69, 9.17) is 27.9 Å². The molecule has 0 atom stereocenters. The van der Waals surface area contributed by atoms with Crippen LogP contribution >= 0.6 is 0 Å². The molecule has 0 amide bonds. The standard InChI is InChI=1S/6CO.Cr/c6*1-2;/q;;;;;;+6. The summed E-state index contributed by atoms with van der Waals surface area (Å²) in [5, 5.41) is 0. The quantitative estimate of drug-likeness (QED) is 0.395. The number of rotatable bonds is 0. The van der Waals surface area contributed by atoms with Crippen LogP contribution in [0.5, 0.6) is 0 Å². The van der Waals surface area contributed by atoms with E-state index in [0.717, 1.165) is 0 Å². The molecule has 13 heavy (non-hydrogen) atoms. The summed E-state index contributed by atoms with van der Waals surface area (Å²) in [6, 6.07) is 0. The van der Waals surface area contributed by atoms with E-state index in [1.165, 1.54) is 0 Å². The maximum absolute atomic E-state index is 7.50. The van der Waals surface area contributed by atoms with Crippen LogP contribution in [0.15, 0.2) is 0 Å². The third-order valence-corrected chi connectivity index (χ3v) is 0. The molecule has 0 bridgehead atoms. The van der Waals surface area contributed by atoms with E-state index in [-0.39, 0.29) is 17.4 Å². The maximum atomic E-state index is 7.50. The van der Waals surface area contributed by atoms with Gasteiger partial charge in [-0.2, -0.15) is 0 Å². The fraction of sp³-hybridized carbons (Fsp3) is 0. The van der Waals surface area contributed by atoms with E-state index < -0.39 is 0 Å². The van der Waals surface area contributed by atoms with Crippen LogP contribution < -0.4 is 0 Å². The van der Waals surface area contributed by atoms with Crippen molar-refractivity contribution >= 4 is 0 Å². The first-order chi connectivity index (χ1) is 6.00. The summed E-state index contributed by atoms with van der Waals surface area (Å²) in [5.41, 5.74) is 0. The van der Waals surface area contributed by atoms with Crippen LogP contribution in [0.1, 0.15) is 0 Å².